The molecular formula is C14H22N8. The van der Waals surface area contributed by atoms with Gasteiger partial charge in [-0.1, -0.05) is 0 Å². The van der Waals surface area contributed by atoms with E-state index in [0.29, 0.717) is 5.95 Å². The van der Waals surface area contributed by atoms with Gasteiger partial charge in [0, 0.05) is 46.0 Å². The van der Waals surface area contributed by atoms with Gasteiger partial charge in [-0.25, -0.2) is 9.97 Å². The van der Waals surface area contributed by atoms with Crippen LogP contribution in [0.15, 0.2) is 18.6 Å². The number of anilines is 2. The van der Waals surface area contributed by atoms with Gasteiger partial charge in [-0.15, -0.1) is 0 Å². The van der Waals surface area contributed by atoms with Crippen LogP contribution in [-0.4, -0.2) is 62.4 Å². The Bertz CT molecular complexity index is 602. The molecule has 0 spiro atoms. The summed E-state index contributed by atoms with van der Waals surface area (Å²) in [4.78, 5) is 17.8. The monoisotopic (exact) mass is 302 g/mol. The quantitative estimate of drug-likeness (QED) is 0.854. The second kappa shape index (κ2) is 6.69. The van der Waals surface area contributed by atoms with Gasteiger partial charge in [-0.2, -0.15) is 10.1 Å². The molecule has 3 heterocycles. The summed E-state index contributed by atoms with van der Waals surface area (Å²) in [5.41, 5.74) is 0. The molecule has 3 rings (SSSR count). The van der Waals surface area contributed by atoms with E-state index in [0.717, 1.165) is 50.9 Å². The Morgan fingerprint density at radius 3 is 2.68 bits per heavy atom. The summed E-state index contributed by atoms with van der Waals surface area (Å²) in [5, 5.41) is 7.27. The van der Waals surface area contributed by atoms with Crippen molar-refractivity contribution in [2.45, 2.75) is 13.5 Å². The Kier molecular flexibility index (Phi) is 4.47. The van der Waals surface area contributed by atoms with Crippen molar-refractivity contribution in [3.8, 4) is 0 Å². The SMILES string of the molecule is CCNc1nccc(N2CCN(Cc3ncnn3C)CC2)n1. The average molecular weight is 302 g/mol. The summed E-state index contributed by atoms with van der Waals surface area (Å²) in [5.74, 6) is 2.69. The third kappa shape index (κ3) is 3.33. The van der Waals surface area contributed by atoms with Crippen LogP contribution in [0.25, 0.3) is 0 Å². The highest BCUT2D eigenvalue weighted by atomic mass is 15.4. The Hall–Kier alpha value is -2.22. The molecule has 0 radical (unpaired) electrons. The minimum absolute atomic E-state index is 0.696. The van der Waals surface area contributed by atoms with Gasteiger partial charge in [0.25, 0.3) is 0 Å². The first-order valence-corrected chi connectivity index (χ1v) is 7.63. The minimum Gasteiger partial charge on any atom is -0.354 e. The van der Waals surface area contributed by atoms with Crippen LogP contribution in [0.1, 0.15) is 12.7 Å². The zero-order valence-electron chi connectivity index (χ0n) is 13.1. The standard InChI is InChI=1S/C14H22N8/c1-3-15-14-16-5-4-12(19-14)22-8-6-21(7-9-22)10-13-17-11-18-20(13)2/h4-5,11H,3,6-10H2,1-2H3,(H,15,16,19). The smallest absolute Gasteiger partial charge is 0.224 e. The fraction of sp³-hybridized carbons (Fsp3) is 0.571. The molecule has 1 fully saturated rings. The molecule has 1 aliphatic heterocycles. The number of hydrogen-bond donors (Lipinski definition) is 1. The van der Waals surface area contributed by atoms with E-state index < -0.39 is 0 Å². The Balaban J connectivity index is 1.57. The van der Waals surface area contributed by atoms with Crippen LogP contribution < -0.4 is 10.2 Å². The molecule has 0 bridgehead atoms. The summed E-state index contributed by atoms with van der Waals surface area (Å²) < 4.78 is 1.83. The maximum Gasteiger partial charge on any atom is 0.224 e. The van der Waals surface area contributed by atoms with Crippen molar-refractivity contribution in [2.24, 2.45) is 7.05 Å². The fourth-order valence-corrected chi connectivity index (χ4v) is 2.57. The molecule has 2 aromatic heterocycles. The second-order valence-electron chi connectivity index (χ2n) is 5.33. The molecule has 0 aromatic carbocycles. The Labute approximate surface area is 130 Å². The topological polar surface area (TPSA) is 75.0 Å². The van der Waals surface area contributed by atoms with E-state index in [1.165, 1.54) is 0 Å². The largest absolute Gasteiger partial charge is 0.354 e. The van der Waals surface area contributed by atoms with Crippen LogP contribution >= 0.6 is 0 Å². The Morgan fingerprint density at radius 1 is 1.18 bits per heavy atom. The maximum absolute atomic E-state index is 4.56. The lowest BCUT2D eigenvalue weighted by Gasteiger charge is -2.35. The zero-order valence-corrected chi connectivity index (χ0v) is 13.1. The molecule has 8 heteroatoms. The van der Waals surface area contributed by atoms with Crippen molar-refractivity contribution in [2.75, 3.05) is 42.9 Å². The first kappa shape index (κ1) is 14.7. The van der Waals surface area contributed by atoms with Crippen molar-refractivity contribution in [3.05, 3.63) is 24.4 Å². The Morgan fingerprint density at radius 2 is 2.00 bits per heavy atom. The number of nitrogens with one attached hydrogen (secondary N) is 1. The van der Waals surface area contributed by atoms with E-state index >= 15 is 0 Å². The molecular weight excluding hydrogens is 280 g/mol. The molecule has 0 saturated carbocycles. The second-order valence-corrected chi connectivity index (χ2v) is 5.33. The number of aryl methyl sites for hydroxylation is 1. The van der Waals surface area contributed by atoms with Gasteiger partial charge in [0.15, 0.2) is 0 Å². The molecule has 0 aliphatic carbocycles. The van der Waals surface area contributed by atoms with Gasteiger partial charge in [0.05, 0.1) is 6.54 Å². The molecule has 0 amide bonds. The van der Waals surface area contributed by atoms with E-state index in [9.17, 15) is 0 Å². The third-order valence-corrected chi connectivity index (χ3v) is 3.84. The van der Waals surface area contributed by atoms with Crippen molar-refractivity contribution in [1.82, 2.24) is 29.6 Å². The highest BCUT2D eigenvalue weighted by molar-refractivity contribution is 5.42. The molecule has 8 nitrogen and oxygen atoms in total. The van der Waals surface area contributed by atoms with Crippen molar-refractivity contribution < 1.29 is 0 Å². The number of rotatable bonds is 5. The predicted molar refractivity (Wildman–Crippen MR) is 84.7 cm³/mol. The van der Waals surface area contributed by atoms with Crippen molar-refractivity contribution in [1.29, 1.82) is 0 Å². The van der Waals surface area contributed by atoms with E-state index in [-0.39, 0.29) is 0 Å². The number of aromatic nitrogens is 5. The lowest BCUT2D eigenvalue weighted by atomic mass is 10.3. The molecule has 1 N–H and O–H groups in total. The molecule has 22 heavy (non-hydrogen) atoms. The van der Waals surface area contributed by atoms with Crippen LogP contribution in [0.4, 0.5) is 11.8 Å². The zero-order chi connectivity index (χ0) is 15.4. The average Bonchev–Trinajstić information content (AvgIpc) is 2.94. The molecule has 1 saturated heterocycles. The van der Waals surface area contributed by atoms with Crippen LogP contribution in [0.5, 0.6) is 0 Å². The van der Waals surface area contributed by atoms with Crippen LogP contribution in [0.2, 0.25) is 0 Å². The minimum atomic E-state index is 0.696. The molecule has 0 unspecified atom stereocenters. The first-order valence-electron chi connectivity index (χ1n) is 7.63. The van der Waals surface area contributed by atoms with E-state index in [4.69, 9.17) is 0 Å². The van der Waals surface area contributed by atoms with Gasteiger partial charge in [0.2, 0.25) is 5.95 Å². The maximum atomic E-state index is 4.56. The predicted octanol–water partition coefficient (Wildman–Crippen LogP) is 0.359. The highest BCUT2D eigenvalue weighted by Crippen LogP contribution is 2.15. The molecule has 2 aromatic rings. The number of hydrogen-bond acceptors (Lipinski definition) is 7. The van der Waals surface area contributed by atoms with Crippen LogP contribution in [0, 0.1) is 0 Å². The highest BCUT2D eigenvalue weighted by Gasteiger charge is 2.19. The van der Waals surface area contributed by atoms with Crippen molar-refractivity contribution in [3.63, 3.8) is 0 Å². The van der Waals surface area contributed by atoms with Gasteiger partial charge in [0.1, 0.15) is 18.0 Å². The summed E-state index contributed by atoms with van der Waals surface area (Å²) in [6.45, 7) is 7.62. The summed E-state index contributed by atoms with van der Waals surface area (Å²) in [6, 6.07) is 1.97. The van der Waals surface area contributed by atoms with E-state index in [1.54, 1.807) is 6.33 Å². The summed E-state index contributed by atoms with van der Waals surface area (Å²) in [6.07, 6.45) is 3.42. The fourth-order valence-electron chi connectivity index (χ4n) is 2.57. The molecule has 1 aliphatic rings. The van der Waals surface area contributed by atoms with Gasteiger partial charge >= 0.3 is 0 Å². The normalized spacial score (nSPS) is 16.0. The van der Waals surface area contributed by atoms with Gasteiger partial charge in [-0.3, -0.25) is 9.58 Å². The van der Waals surface area contributed by atoms with Crippen LogP contribution in [-0.2, 0) is 13.6 Å². The third-order valence-electron chi connectivity index (χ3n) is 3.84. The number of piperazine rings is 1. The lowest BCUT2D eigenvalue weighted by Crippen LogP contribution is -2.46. The summed E-state index contributed by atoms with van der Waals surface area (Å²) in [7, 11) is 1.93. The van der Waals surface area contributed by atoms with Crippen LogP contribution in [0.3, 0.4) is 0 Å². The summed E-state index contributed by atoms with van der Waals surface area (Å²) >= 11 is 0. The molecule has 0 atom stereocenters. The van der Waals surface area contributed by atoms with Gasteiger partial charge < -0.3 is 10.2 Å². The van der Waals surface area contributed by atoms with Gasteiger partial charge in [-0.05, 0) is 13.0 Å². The van der Waals surface area contributed by atoms with E-state index in [2.05, 4.69) is 35.2 Å². The first-order chi connectivity index (χ1) is 10.8. The molecule has 118 valence electrons. The number of nitrogens with zero attached hydrogens (tertiary/aromatic N) is 7. The lowest BCUT2D eigenvalue weighted by molar-refractivity contribution is 0.240. The van der Waals surface area contributed by atoms with Crippen molar-refractivity contribution >= 4 is 11.8 Å². The van der Waals surface area contributed by atoms with E-state index in [1.807, 2.05) is 30.9 Å².